The molecular formula is C34H33FN2O6S. The maximum atomic E-state index is 14.0. The molecule has 5 rings (SSSR count). The Labute approximate surface area is 258 Å². The van der Waals surface area contributed by atoms with Gasteiger partial charge in [-0.2, -0.15) is 0 Å². The molecule has 3 aromatic carbocycles. The molecule has 0 radical (unpaired) electrons. The van der Waals surface area contributed by atoms with E-state index in [2.05, 4.69) is 4.99 Å². The normalized spacial score (nSPS) is 14.7. The molecule has 228 valence electrons. The van der Waals surface area contributed by atoms with Crippen molar-refractivity contribution >= 4 is 23.4 Å². The summed E-state index contributed by atoms with van der Waals surface area (Å²) < 4.78 is 38.0. The monoisotopic (exact) mass is 616 g/mol. The number of aromatic nitrogens is 1. The van der Waals surface area contributed by atoms with Gasteiger partial charge in [0, 0.05) is 0 Å². The lowest BCUT2D eigenvalue weighted by Crippen LogP contribution is -2.40. The highest BCUT2D eigenvalue weighted by Crippen LogP contribution is 2.36. The summed E-state index contributed by atoms with van der Waals surface area (Å²) in [6, 6.07) is 18.1. The molecule has 1 aromatic heterocycles. The summed E-state index contributed by atoms with van der Waals surface area (Å²) in [6.07, 6.45) is 1.70. The van der Waals surface area contributed by atoms with E-state index in [1.807, 2.05) is 44.2 Å². The molecule has 0 saturated heterocycles. The molecule has 0 N–H and O–H groups in total. The number of hydrogen-bond donors (Lipinski definition) is 0. The molecule has 44 heavy (non-hydrogen) atoms. The lowest BCUT2D eigenvalue weighted by Gasteiger charge is -2.25. The van der Waals surface area contributed by atoms with Gasteiger partial charge in [0.1, 0.15) is 18.2 Å². The first-order chi connectivity index (χ1) is 21.2. The van der Waals surface area contributed by atoms with E-state index in [-0.39, 0.29) is 36.3 Å². The molecule has 0 aliphatic carbocycles. The van der Waals surface area contributed by atoms with Gasteiger partial charge >= 0.3 is 5.97 Å². The van der Waals surface area contributed by atoms with E-state index >= 15 is 0 Å². The van der Waals surface area contributed by atoms with E-state index in [1.54, 1.807) is 51.3 Å². The van der Waals surface area contributed by atoms with Gasteiger partial charge in [0.25, 0.3) is 5.56 Å². The summed E-state index contributed by atoms with van der Waals surface area (Å²) in [4.78, 5) is 32.4. The van der Waals surface area contributed by atoms with Gasteiger partial charge in [0.05, 0.1) is 41.7 Å². The van der Waals surface area contributed by atoms with Gasteiger partial charge in [-0.1, -0.05) is 41.7 Å². The van der Waals surface area contributed by atoms with Gasteiger partial charge in [-0.3, -0.25) is 9.36 Å². The number of methoxy groups -OCH3 is 1. The Kier molecular flexibility index (Phi) is 9.29. The fourth-order valence-corrected chi connectivity index (χ4v) is 5.95. The number of allylic oxidation sites excluding steroid dienone is 1. The summed E-state index contributed by atoms with van der Waals surface area (Å²) >= 11 is 1.23. The van der Waals surface area contributed by atoms with Crippen LogP contribution in [0.2, 0.25) is 0 Å². The summed E-state index contributed by atoms with van der Waals surface area (Å²) in [5, 5.41) is 0. The first-order valence-corrected chi connectivity index (χ1v) is 15.0. The second-order valence-corrected chi connectivity index (χ2v) is 11.4. The van der Waals surface area contributed by atoms with E-state index in [0.717, 1.165) is 11.1 Å². The number of carbonyl (C=O) groups is 1. The Hall–Kier alpha value is -4.70. The smallest absolute Gasteiger partial charge is 0.338 e. The third kappa shape index (κ3) is 6.60. The third-order valence-corrected chi connectivity index (χ3v) is 7.84. The molecule has 1 aliphatic rings. The number of thiazole rings is 1. The first-order valence-electron chi connectivity index (χ1n) is 14.2. The van der Waals surface area contributed by atoms with E-state index in [1.165, 1.54) is 28.0 Å². The zero-order chi connectivity index (χ0) is 31.4. The maximum Gasteiger partial charge on any atom is 0.338 e. The highest BCUT2D eigenvalue weighted by atomic mass is 32.1. The number of benzene rings is 3. The average Bonchev–Trinajstić information content (AvgIpc) is 3.30. The van der Waals surface area contributed by atoms with Crippen LogP contribution in [-0.2, 0) is 16.1 Å². The third-order valence-electron chi connectivity index (χ3n) is 6.86. The van der Waals surface area contributed by atoms with Crippen LogP contribution in [-0.4, -0.2) is 30.4 Å². The second-order valence-electron chi connectivity index (χ2n) is 10.4. The largest absolute Gasteiger partial charge is 0.493 e. The van der Waals surface area contributed by atoms with Crippen LogP contribution in [0.5, 0.6) is 17.2 Å². The Bertz CT molecular complexity index is 1890. The second kappa shape index (κ2) is 13.3. The topological polar surface area (TPSA) is 88.4 Å². The highest BCUT2D eigenvalue weighted by molar-refractivity contribution is 7.07. The first kappa shape index (κ1) is 30.7. The van der Waals surface area contributed by atoms with Crippen molar-refractivity contribution in [2.45, 2.75) is 46.4 Å². The number of ether oxygens (including phenoxy) is 4. The molecular weight excluding hydrogens is 583 g/mol. The van der Waals surface area contributed by atoms with E-state index < -0.39 is 12.0 Å². The Balaban J connectivity index is 1.56. The van der Waals surface area contributed by atoms with Crippen LogP contribution in [0.3, 0.4) is 0 Å². The summed E-state index contributed by atoms with van der Waals surface area (Å²) in [5.74, 6) is 0.790. The van der Waals surface area contributed by atoms with E-state index in [4.69, 9.17) is 18.9 Å². The summed E-state index contributed by atoms with van der Waals surface area (Å²) in [7, 11) is 1.54. The zero-order valence-electron chi connectivity index (χ0n) is 25.1. The predicted molar refractivity (Wildman–Crippen MR) is 166 cm³/mol. The van der Waals surface area contributed by atoms with Gasteiger partial charge in [-0.05, 0) is 86.9 Å². The average molecular weight is 617 g/mol. The van der Waals surface area contributed by atoms with Crippen LogP contribution in [0, 0.1) is 5.82 Å². The van der Waals surface area contributed by atoms with Crippen molar-refractivity contribution < 1.29 is 28.1 Å². The van der Waals surface area contributed by atoms with E-state index in [0.29, 0.717) is 37.8 Å². The molecule has 0 spiro atoms. The molecule has 1 aliphatic heterocycles. The van der Waals surface area contributed by atoms with Crippen molar-refractivity contribution in [2.24, 2.45) is 4.99 Å². The number of rotatable bonds is 10. The molecule has 1 atom stereocenters. The number of halogens is 1. The fourth-order valence-electron chi connectivity index (χ4n) is 4.91. The van der Waals surface area contributed by atoms with Crippen molar-refractivity contribution in [3.05, 3.63) is 120 Å². The quantitative estimate of drug-likeness (QED) is 0.225. The number of fused-ring (bicyclic) bond motifs is 1. The summed E-state index contributed by atoms with van der Waals surface area (Å²) in [5.41, 5.74) is 2.69. The number of esters is 1. The van der Waals surface area contributed by atoms with Crippen LogP contribution >= 0.6 is 11.3 Å². The minimum absolute atomic E-state index is 0.0727. The lowest BCUT2D eigenvalue weighted by atomic mass is 9.95. The molecule has 2 heterocycles. The Morgan fingerprint density at radius 3 is 2.57 bits per heavy atom. The summed E-state index contributed by atoms with van der Waals surface area (Å²) in [6.45, 7) is 7.76. The van der Waals surface area contributed by atoms with Gasteiger partial charge < -0.3 is 18.9 Å². The fraction of sp³-hybridized carbons (Fsp3) is 0.265. The van der Waals surface area contributed by atoms with Gasteiger partial charge in [0.2, 0.25) is 0 Å². The SMILES string of the molecule is CCOC(=O)C1=C(C)N=c2s/c(=C/c3cccc(OCc4ccc(F)cc4)c3)c(=O)n2[C@H]1c1ccc(OC(C)C)c(OC)c1. The van der Waals surface area contributed by atoms with Crippen molar-refractivity contribution in [2.75, 3.05) is 13.7 Å². The van der Waals surface area contributed by atoms with E-state index in [9.17, 15) is 14.0 Å². The van der Waals surface area contributed by atoms with Crippen molar-refractivity contribution in [3.8, 4) is 17.2 Å². The molecule has 4 aromatic rings. The van der Waals surface area contributed by atoms with Gasteiger partial charge in [0.15, 0.2) is 16.3 Å². The zero-order valence-corrected chi connectivity index (χ0v) is 25.9. The standard InChI is InChI=1S/C34H33FN2O6S/c1-6-41-33(39)30-21(4)36-34-37(31(30)24-12-15-27(43-20(2)3)28(18-24)40-5)32(38)29(44-34)17-23-8-7-9-26(16-23)42-19-22-10-13-25(35)14-11-22/h7-18,20,31H,6,19H2,1-5H3/b29-17+/t31-/m0/s1. The predicted octanol–water partition coefficient (Wildman–Crippen LogP) is 5.31. The highest BCUT2D eigenvalue weighted by Gasteiger charge is 2.34. The molecule has 8 nitrogen and oxygen atoms in total. The van der Waals surface area contributed by atoms with Crippen molar-refractivity contribution in [3.63, 3.8) is 0 Å². The van der Waals surface area contributed by atoms with Crippen LogP contribution in [0.25, 0.3) is 6.08 Å². The molecule has 0 bridgehead atoms. The van der Waals surface area contributed by atoms with Crippen LogP contribution < -0.4 is 29.1 Å². The van der Waals surface area contributed by atoms with Gasteiger partial charge in [-0.15, -0.1) is 0 Å². The van der Waals surface area contributed by atoms with Crippen LogP contribution in [0.15, 0.2) is 87.8 Å². The number of nitrogens with zero attached hydrogens (tertiary/aromatic N) is 2. The number of carbonyl (C=O) groups excluding carboxylic acids is 1. The van der Waals surface area contributed by atoms with Crippen LogP contribution in [0.1, 0.15) is 50.4 Å². The Morgan fingerprint density at radius 2 is 1.86 bits per heavy atom. The molecule has 0 unspecified atom stereocenters. The molecule has 0 saturated carbocycles. The van der Waals surface area contributed by atoms with Gasteiger partial charge in [-0.25, -0.2) is 14.2 Å². The minimum Gasteiger partial charge on any atom is -0.493 e. The maximum absolute atomic E-state index is 14.0. The molecule has 10 heteroatoms. The molecule has 0 fully saturated rings. The van der Waals surface area contributed by atoms with Crippen molar-refractivity contribution in [1.29, 1.82) is 0 Å². The minimum atomic E-state index is -0.792. The Morgan fingerprint density at radius 1 is 1.09 bits per heavy atom. The lowest BCUT2D eigenvalue weighted by molar-refractivity contribution is -0.139. The molecule has 0 amide bonds. The van der Waals surface area contributed by atoms with Crippen molar-refractivity contribution in [1.82, 2.24) is 4.57 Å². The van der Waals surface area contributed by atoms with Crippen LogP contribution in [0.4, 0.5) is 4.39 Å². The number of hydrogen-bond acceptors (Lipinski definition) is 8.